The topological polar surface area (TPSA) is 50.3 Å². The number of nitrogens with zero attached hydrogens (tertiary/aromatic N) is 3. The second kappa shape index (κ2) is 5.52. The van der Waals surface area contributed by atoms with Crippen molar-refractivity contribution in [3.63, 3.8) is 0 Å². The molecule has 1 fully saturated rings. The van der Waals surface area contributed by atoms with Crippen molar-refractivity contribution in [3.05, 3.63) is 12.3 Å². The van der Waals surface area contributed by atoms with Gasteiger partial charge in [0.2, 0.25) is 5.95 Å². The van der Waals surface area contributed by atoms with E-state index in [0.717, 1.165) is 44.4 Å². The first-order valence-electron chi connectivity index (χ1n) is 6.41. The third kappa shape index (κ3) is 3.32. The first-order valence-corrected chi connectivity index (χ1v) is 6.41. The van der Waals surface area contributed by atoms with Gasteiger partial charge in [0.15, 0.2) is 0 Å². The Labute approximate surface area is 109 Å². The number of hydrogen-bond donors (Lipinski definition) is 1. The van der Waals surface area contributed by atoms with E-state index in [-0.39, 0.29) is 0 Å². The molecule has 0 aromatic carbocycles. The molecule has 1 aromatic rings. The summed E-state index contributed by atoms with van der Waals surface area (Å²) in [4.78, 5) is 10.6. The van der Waals surface area contributed by atoms with E-state index >= 15 is 0 Å². The lowest BCUT2D eigenvalue weighted by Crippen LogP contribution is -2.33. The van der Waals surface area contributed by atoms with Crippen LogP contribution >= 0.6 is 0 Å². The van der Waals surface area contributed by atoms with Crippen LogP contribution in [0.25, 0.3) is 0 Å². The predicted octanol–water partition coefficient (Wildman–Crippen LogP) is 1.77. The fourth-order valence-corrected chi connectivity index (χ4v) is 2.01. The molecule has 0 bridgehead atoms. The van der Waals surface area contributed by atoms with Gasteiger partial charge in [-0.2, -0.15) is 4.98 Å². The molecule has 0 saturated carbocycles. The van der Waals surface area contributed by atoms with Gasteiger partial charge in [-0.1, -0.05) is 6.92 Å². The van der Waals surface area contributed by atoms with Crippen molar-refractivity contribution in [1.29, 1.82) is 0 Å². The molecule has 1 saturated heterocycles. The lowest BCUT2D eigenvalue weighted by atomic mass is 9.82. The van der Waals surface area contributed by atoms with Crippen molar-refractivity contribution in [1.82, 2.24) is 9.97 Å². The summed E-state index contributed by atoms with van der Waals surface area (Å²) in [6, 6.07) is 1.91. The largest absolute Gasteiger partial charge is 0.381 e. The van der Waals surface area contributed by atoms with Gasteiger partial charge in [-0.15, -0.1) is 0 Å². The molecule has 18 heavy (non-hydrogen) atoms. The van der Waals surface area contributed by atoms with Crippen LogP contribution in [0.5, 0.6) is 0 Å². The molecule has 1 aliphatic heterocycles. The Morgan fingerprint density at radius 2 is 2.11 bits per heavy atom. The molecular weight excluding hydrogens is 228 g/mol. The number of nitrogens with one attached hydrogen (secondary N) is 1. The first kappa shape index (κ1) is 13.1. The smallest absolute Gasteiger partial charge is 0.226 e. The van der Waals surface area contributed by atoms with Crippen LogP contribution in [0, 0.1) is 5.41 Å². The van der Waals surface area contributed by atoms with Gasteiger partial charge in [0.1, 0.15) is 5.82 Å². The Morgan fingerprint density at radius 3 is 2.78 bits per heavy atom. The monoisotopic (exact) mass is 250 g/mol. The summed E-state index contributed by atoms with van der Waals surface area (Å²) >= 11 is 0. The number of rotatable bonds is 4. The zero-order chi connectivity index (χ0) is 13.0. The summed E-state index contributed by atoms with van der Waals surface area (Å²) in [6.07, 6.45) is 3.99. The Kier molecular flexibility index (Phi) is 4.01. The molecule has 1 aliphatic rings. The summed E-state index contributed by atoms with van der Waals surface area (Å²) < 4.78 is 5.41. The van der Waals surface area contributed by atoms with E-state index in [1.165, 1.54) is 0 Å². The highest BCUT2D eigenvalue weighted by molar-refractivity contribution is 5.40. The zero-order valence-corrected chi connectivity index (χ0v) is 11.4. The molecule has 5 heteroatoms. The second-order valence-electron chi connectivity index (χ2n) is 5.41. The highest BCUT2D eigenvalue weighted by atomic mass is 16.5. The van der Waals surface area contributed by atoms with E-state index in [0.29, 0.717) is 5.41 Å². The summed E-state index contributed by atoms with van der Waals surface area (Å²) in [6.45, 7) is 4.96. The van der Waals surface area contributed by atoms with Crippen molar-refractivity contribution < 1.29 is 4.74 Å². The van der Waals surface area contributed by atoms with Crippen LogP contribution in [0.3, 0.4) is 0 Å². The van der Waals surface area contributed by atoms with Gasteiger partial charge >= 0.3 is 0 Å². The molecule has 2 rings (SSSR count). The van der Waals surface area contributed by atoms with Crippen LogP contribution in [0.4, 0.5) is 11.8 Å². The average Bonchev–Trinajstić information content (AvgIpc) is 2.38. The maximum Gasteiger partial charge on any atom is 0.226 e. The van der Waals surface area contributed by atoms with E-state index in [9.17, 15) is 0 Å². The van der Waals surface area contributed by atoms with Gasteiger partial charge in [-0.05, 0) is 24.3 Å². The molecular formula is C13H22N4O. The quantitative estimate of drug-likeness (QED) is 0.882. The van der Waals surface area contributed by atoms with E-state index < -0.39 is 0 Å². The van der Waals surface area contributed by atoms with Crippen molar-refractivity contribution in [3.8, 4) is 0 Å². The third-order valence-corrected chi connectivity index (χ3v) is 3.44. The van der Waals surface area contributed by atoms with Gasteiger partial charge in [-0.25, -0.2) is 4.98 Å². The molecule has 100 valence electrons. The van der Waals surface area contributed by atoms with Crippen LogP contribution in [0.2, 0.25) is 0 Å². The molecule has 1 aromatic heterocycles. The molecule has 0 radical (unpaired) electrons. The van der Waals surface area contributed by atoms with E-state index in [1.807, 2.05) is 25.1 Å². The average molecular weight is 250 g/mol. The maximum absolute atomic E-state index is 5.41. The van der Waals surface area contributed by atoms with Crippen molar-refractivity contribution >= 4 is 11.8 Å². The first-order chi connectivity index (χ1) is 8.59. The number of aromatic nitrogens is 2. The van der Waals surface area contributed by atoms with Crippen molar-refractivity contribution in [2.45, 2.75) is 19.8 Å². The fourth-order valence-electron chi connectivity index (χ4n) is 2.01. The van der Waals surface area contributed by atoms with Gasteiger partial charge in [0, 0.05) is 40.1 Å². The Bertz CT molecular complexity index is 388. The summed E-state index contributed by atoms with van der Waals surface area (Å²) in [7, 11) is 3.89. The van der Waals surface area contributed by atoms with E-state index in [4.69, 9.17) is 4.74 Å². The van der Waals surface area contributed by atoms with Crippen LogP contribution in [0.15, 0.2) is 12.3 Å². The van der Waals surface area contributed by atoms with Crippen LogP contribution in [-0.4, -0.2) is 43.8 Å². The third-order valence-electron chi connectivity index (χ3n) is 3.44. The van der Waals surface area contributed by atoms with E-state index in [2.05, 4.69) is 22.2 Å². The standard InChI is InChI=1S/C13H22N4O/c1-13(5-8-18-9-6-13)10-15-11-4-7-14-12(16-11)17(2)3/h4,7H,5-6,8-10H2,1-3H3,(H,14,15,16). The molecule has 0 amide bonds. The fraction of sp³-hybridized carbons (Fsp3) is 0.692. The highest BCUT2D eigenvalue weighted by Gasteiger charge is 2.27. The lowest BCUT2D eigenvalue weighted by molar-refractivity contribution is 0.0300. The van der Waals surface area contributed by atoms with Gasteiger partial charge in [0.05, 0.1) is 0 Å². The maximum atomic E-state index is 5.41. The normalized spacial score (nSPS) is 18.4. The number of hydrogen-bond acceptors (Lipinski definition) is 5. The minimum absolute atomic E-state index is 0.307. The Balaban J connectivity index is 1.95. The molecule has 2 heterocycles. The van der Waals surface area contributed by atoms with Crippen molar-refractivity contribution in [2.75, 3.05) is 44.1 Å². The predicted molar refractivity (Wildman–Crippen MR) is 73.0 cm³/mol. The highest BCUT2D eigenvalue weighted by Crippen LogP contribution is 2.29. The molecule has 0 unspecified atom stereocenters. The summed E-state index contributed by atoms with van der Waals surface area (Å²) in [5.41, 5.74) is 0.307. The lowest BCUT2D eigenvalue weighted by Gasteiger charge is -2.33. The van der Waals surface area contributed by atoms with Gasteiger partial charge in [0.25, 0.3) is 0 Å². The summed E-state index contributed by atoms with van der Waals surface area (Å²) in [5, 5.41) is 3.42. The van der Waals surface area contributed by atoms with Gasteiger partial charge < -0.3 is 15.0 Å². The van der Waals surface area contributed by atoms with Crippen LogP contribution < -0.4 is 10.2 Å². The molecule has 0 atom stereocenters. The Hall–Kier alpha value is -1.36. The SMILES string of the molecule is CN(C)c1nccc(NCC2(C)CCOCC2)n1. The van der Waals surface area contributed by atoms with Crippen LogP contribution in [0.1, 0.15) is 19.8 Å². The minimum Gasteiger partial charge on any atom is -0.381 e. The zero-order valence-electron chi connectivity index (χ0n) is 11.4. The Morgan fingerprint density at radius 1 is 1.39 bits per heavy atom. The minimum atomic E-state index is 0.307. The van der Waals surface area contributed by atoms with Gasteiger partial charge in [-0.3, -0.25) is 0 Å². The summed E-state index contributed by atoms with van der Waals surface area (Å²) in [5.74, 6) is 1.62. The molecule has 0 aliphatic carbocycles. The van der Waals surface area contributed by atoms with E-state index in [1.54, 1.807) is 6.20 Å². The van der Waals surface area contributed by atoms with Crippen LogP contribution in [-0.2, 0) is 4.74 Å². The molecule has 0 spiro atoms. The second-order valence-corrected chi connectivity index (χ2v) is 5.41. The van der Waals surface area contributed by atoms with Crippen molar-refractivity contribution in [2.24, 2.45) is 5.41 Å². The number of anilines is 2. The number of ether oxygens (including phenoxy) is 1. The molecule has 1 N–H and O–H groups in total. The molecule has 5 nitrogen and oxygen atoms in total.